The van der Waals surface area contributed by atoms with Gasteiger partial charge in [-0.1, -0.05) is 0 Å². The molecule has 2 N–H and O–H groups in total. The minimum atomic E-state index is -0.599. The molecule has 0 radical (unpaired) electrons. The Hall–Kier alpha value is -2.23. The SMILES string of the molecule is Cc1cc(N)cc(C(=O)c2ccc(F)cc2)c1F. The molecule has 2 aromatic carbocycles. The molecule has 0 aliphatic carbocycles. The van der Waals surface area contributed by atoms with Gasteiger partial charge in [0.1, 0.15) is 11.6 Å². The van der Waals surface area contributed by atoms with Crippen molar-refractivity contribution in [3.8, 4) is 0 Å². The van der Waals surface area contributed by atoms with Gasteiger partial charge in [0.15, 0.2) is 5.78 Å². The number of anilines is 1. The molecule has 4 heteroatoms. The number of carbonyl (C=O) groups is 1. The Morgan fingerprint density at radius 3 is 2.33 bits per heavy atom. The highest BCUT2D eigenvalue weighted by Crippen LogP contribution is 2.20. The molecule has 0 aromatic heterocycles. The summed E-state index contributed by atoms with van der Waals surface area (Å²) in [6.07, 6.45) is 0. The van der Waals surface area contributed by atoms with E-state index in [0.29, 0.717) is 11.3 Å². The molecule has 0 aliphatic rings. The third-order valence-electron chi connectivity index (χ3n) is 2.63. The third-order valence-corrected chi connectivity index (χ3v) is 2.63. The van der Waals surface area contributed by atoms with Gasteiger partial charge in [-0.25, -0.2) is 8.78 Å². The average molecular weight is 247 g/mol. The molecule has 0 unspecified atom stereocenters. The molecule has 0 aliphatic heterocycles. The summed E-state index contributed by atoms with van der Waals surface area (Å²) in [5, 5.41) is 0. The first-order valence-corrected chi connectivity index (χ1v) is 5.35. The van der Waals surface area contributed by atoms with E-state index < -0.39 is 17.4 Å². The van der Waals surface area contributed by atoms with Crippen LogP contribution in [0.15, 0.2) is 36.4 Å². The first kappa shape index (κ1) is 12.2. The summed E-state index contributed by atoms with van der Waals surface area (Å²) in [7, 11) is 0. The summed E-state index contributed by atoms with van der Waals surface area (Å²) in [5.41, 5.74) is 6.34. The monoisotopic (exact) mass is 247 g/mol. The maximum Gasteiger partial charge on any atom is 0.196 e. The van der Waals surface area contributed by atoms with Gasteiger partial charge in [-0.2, -0.15) is 0 Å². The molecular formula is C14H11F2NO. The summed E-state index contributed by atoms with van der Waals surface area (Å²) >= 11 is 0. The molecule has 0 saturated carbocycles. The summed E-state index contributed by atoms with van der Waals surface area (Å²) in [5.74, 6) is -1.56. The smallest absolute Gasteiger partial charge is 0.196 e. The Bertz CT molecular complexity index is 606. The highest BCUT2D eigenvalue weighted by Gasteiger charge is 2.16. The van der Waals surface area contributed by atoms with Gasteiger partial charge in [-0.15, -0.1) is 0 Å². The van der Waals surface area contributed by atoms with Gasteiger partial charge < -0.3 is 5.73 Å². The van der Waals surface area contributed by atoms with Crippen LogP contribution in [0.2, 0.25) is 0 Å². The molecule has 0 bridgehead atoms. The number of halogens is 2. The van der Waals surface area contributed by atoms with Crippen LogP contribution in [0.3, 0.4) is 0 Å². The number of carbonyl (C=O) groups excluding carboxylic acids is 1. The van der Waals surface area contributed by atoms with Crippen LogP contribution in [-0.2, 0) is 0 Å². The van der Waals surface area contributed by atoms with Crippen LogP contribution >= 0.6 is 0 Å². The quantitative estimate of drug-likeness (QED) is 0.654. The van der Waals surface area contributed by atoms with Crippen molar-refractivity contribution in [2.45, 2.75) is 6.92 Å². The molecule has 0 spiro atoms. The normalized spacial score (nSPS) is 10.4. The van der Waals surface area contributed by atoms with Crippen molar-refractivity contribution in [1.29, 1.82) is 0 Å². The average Bonchev–Trinajstić information content (AvgIpc) is 2.34. The van der Waals surface area contributed by atoms with Gasteiger partial charge >= 0.3 is 0 Å². The van der Waals surface area contributed by atoms with Crippen LogP contribution in [0.25, 0.3) is 0 Å². The van der Waals surface area contributed by atoms with Crippen LogP contribution in [0.4, 0.5) is 14.5 Å². The zero-order chi connectivity index (χ0) is 13.3. The Balaban J connectivity index is 2.49. The van der Waals surface area contributed by atoms with E-state index in [4.69, 9.17) is 5.73 Å². The lowest BCUT2D eigenvalue weighted by Crippen LogP contribution is -2.07. The Morgan fingerprint density at radius 1 is 1.11 bits per heavy atom. The lowest BCUT2D eigenvalue weighted by Gasteiger charge is -2.06. The van der Waals surface area contributed by atoms with E-state index in [9.17, 15) is 13.6 Å². The molecule has 0 atom stereocenters. The molecule has 0 saturated heterocycles. The van der Waals surface area contributed by atoms with Crippen LogP contribution in [0, 0.1) is 18.6 Å². The number of ketones is 1. The van der Waals surface area contributed by atoms with Crippen molar-refractivity contribution < 1.29 is 13.6 Å². The van der Waals surface area contributed by atoms with Crippen molar-refractivity contribution in [2.24, 2.45) is 0 Å². The second kappa shape index (κ2) is 4.56. The predicted molar refractivity (Wildman–Crippen MR) is 65.4 cm³/mol. The van der Waals surface area contributed by atoms with Crippen LogP contribution in [0.5, 0.6) is 0 Å². The Kier molecular flexibility index (Phi) is 3.10. The van der Waals surface area contributed by atoms with Crippen LogP contribution < -0.4 is 5.73 Å². The number of rotatable bonds is 2. The highest BCUT2D eigenvalue weighted by molar-refractivity contribution is 6.09. The molecular weight excluding hydrogens is 236 g/mol. The van der Waals surface area contributed by atoms with E-state index in [0.717, 1.165) is 12.1 Å². The van der Waals surface area contributed by atoms with E-state index in [1.807, 2.05) is 0 Å². The third kappa shape index (κ3) is 2.22. The molecule has 0 fully saturated rings. The fourth-order valence-electron chi connectivity index (χ4n) is 1.72. The van der Waals surface area contributed by atoms with E-state index in [-0.39, 0.29) is 11.1 Å². The van der Waals surface area contributed by atoms with E-state index in [1.54, 1.807) is 0 Å². The Labute approximate surface area is 103 Å². The Morgan fingerprint density at radius 2 is 1.72 bits per heavy atom. The maximum absolute atomic E-state index is 13.8. The van der Waals surface area contributed by atoms with Crippen LogP contribution in [-0.4, -0.2) is 5.78 Å². The van der Waals surface area contributed by atoms with E-state index >= 15 is 0 Å². The van der Waals surface area contributed by atoms with Crippen molar-refractivity contribution in [3.63, 3.8) is 0 Å². The van der Waals surface area contributed by atoms with E-state index in [2.05, 4.69) is 0 Å². The number of hydrogen-bond donors (Lipinski definition) is 1. The first-order valence-electron chi connectivity index (χ1n) is 5.35. The fourth-order valence-corrected chi connectivity index (χ4v) is 1.72. The number of benzene rings is 2. The summed E-state index contributed by atoms with van der Waals surface area (Å²) < 4.78 is 26.6. The second-order valence-corrected chi connectivity index (χ2v) is 4.04. The minimum absolute atomic E-state index is 0.0980. The maximum atomic E-state index is 13.8. The second-order valence-electron chi connectivity index (χ2n) is 4.04. The van der Waals surface area contributed by atoms with Gasteiger partial charge in [0.2, 0.25) is 0 Å². The summed E-state index contributed by atoms with van der Waals surface area (Å²) in [6, 6.07) is 7.69. The highest BCUT2D eigenvalue weighted by atomic mass is 19.1. The topological polar surface area (TPSA) is 43.1 Å². The van der Waals surface area contributed by atoms with Crippen LogP contribution in [0.1, 0.15) is 21.5 Å². The number of hydrogen-bond acceptors (Lipinski definition) is 2. The van der Waals surface area contributed by atoms with Crippen molar-refractivity contribution in [1.82, 2.24) is 0 Å². The van der Waals surface area contributed by atoms with Gasteiger partial charge in [0, 0.05) is 11.3 Å². The number of aryl methyl sites for hydroxylation is 1. The van der Waals surface area contributed by atoms with E-state index in [1.165, 1.54) is 31.2 Å². The van der Waals surface area contributed by atoms with Crippen molar-refractivity contribution >= 4 is 11.5 Å². The fraction of sp³-hybridized carbons (Fsp3) is 0.0714. The van der Waals surface area contributed by atoms with Gasteiger partial charge in [0.05, 0.1) is 5.56 Å². The number of nitrogens with two attached hydrogens (primary N) is 1. The predicted octanol–water partition coefficient (Wildman–Crippen LogP) is 3.09. The molecule has 92 valence electrons. The largest absolute Gasteiger partial charge is 0.399 e. The van der Waals surface area contributed by atoms with Crippen molar-refractivity contribution in [3.05, 3.63) is 64.7 Å². The molecule has 0 heterocycles. The summed E-state index contributed by atoms with van der Waals surface area (Å²) in [4.78, 5) is 12.1. The first-order chi connectivity index (χ1) is 8.49. The molecule has 2 aromatic rings. The molecule has 0 amide bonds. The van der Waals surface area contributed by atoms with Gasteiger partial charge in [-0.05, 0) is 48.9 Å². The zero-order valence-corrected chi connectivity index (χ0v) is 9.71. The number of nitrogen functional groups attached to an aromatic ring is 1. The molecule has 18 heavy (non-hydrogen) atoms. The van der Waals surface area contributed by atoms with Gasteiger partial charge in [-0.3, -0.25) is 4.79 Å². The minimum Gasteiger partial charge on any atom is -0.399 e. The molecule has 2 nitrogen and oxygen atoms in total. The molecule has 2 rings (SSSR count). The standard InChI is InChI=1S/C14H11F2NO/c1-8-6-11(17)7-12(13(8)16)14(18)9-2-4-10(15)5-3-9/h2-7H,17H2,1H3. The lowest BCUT2D eigenvalue weighted by atomic mass is 10.00. The van der Waals surface area contributed by atoms with Crippen molar-refractivity contribution in [2.75, 3.05) is 5.73 Å². The lowest BCUT2D eigenvalue weighted by molar-refractivity contribution is 0.103. The zero-order valence-electron chi connectivity index (χ0n) is 9.71. The van der Waals surface area contributed by atoms with Gasteiger partial charge in [0.25, 0.3) is 0 Å². The summed E-state index contributed by atoms with van der Waals surface area (Å²) in [6.45, 7) is 1.53.